The predicted molar refractivity (Wildman–Crippen MR) is 77.9 cm³/mol. The summed E-state index contributed by atoms with van der Waals surface area (Å²) in [7, 11) is 0. The van der Waals surface area contributed by atoms with Crippen LogP contribution in [-0.2, 0) is 4.79 Å². The molecule has 0 saturated heterocycles. The fourth-order valence-corrected chi connectivity index (χ4v) is 2.11. The summed E-state index contributed by atoms with van der Waals surface area (Å²) in [6.07, 6.45) is 14.3. The summed E-state index contributed by atoms with van der Waals surface area (Å²) in [5.41, 5.74) is 1.13. The standard InChI is InChI=1S/C16H30O2/c1-3-5-7-9-11-13-15(14-16(17)18)12-10-8-6-4-2/h13H,3-12,14H2,1-2H3,(H,17,18). The number of allylic oxidation sites excluding steroid dienone is 1. The van der Waals surface area contributed by atoms with Crippen molar-refractivity contribution in [1.29, 1.82) is 0 Å². The summed E-state index contributed by atoms with van der Waals surface area (Å²) < 4.78 is 0. The van der Waals surface area contributed by atoms with Gasteiger partial charge in [-0.05, 0) is 25.7 Å². The summed E-state index contributed by atoms with van der Waals surface area (Å²) in [6, 6.07) is 0. The lowest BCUT2D eigenvalue weighted by Crippen LogP contribution is -1.98. The van der Waals surface area contributed by atoms with Gasteiger partial charge in [-0.2, -0.15) is 0 Å². The Labute approximate surface area is 112 Å². The maximum absolute atomic E-state index is 10.8. The zero-order valence-electron chi connectivity index (χ0n) is 12.2. The van der Waals surface area contributed by atoms with Crippen molar-refractivity contribution < 1.29 is 9.90 Å². The molecule has 0 unspecified atom stereocenters. The first-order valence-corrected chi connectivity index (χ1v) is 7.60. The van der Waals surface area contributed by atoms with E-state index in [0.29, 0.717) is 0 Å². The molecule has 1 N–H and O–H groups in total. The van der Waals surface area contributed by atoms with Gasteiger partial charge in [0.1, 0.15) is 0 Å². The van der Waals surface area contributed by atoms with Gasteiger partial charge in [0.25, 0.3) is 0 Å². The van der Waals surface area contributed by atoms with Crippen LogP contribution < -0.4 is 0 Å². The molecule has 0 rings (SSSR count). The van der Waals surface area contributed by atoms with Crippen molar-refractivity contribution in [2.24, 2.45) is 0 Å². The van der Waals surface area contributed by atoms with Gasteiger partial charge in [-0.3, -0.25) is 4.79 Å². The lowest BCUT2D eigenvalue weighted by Gasteiger charge is -2.05. The van der Waals surface area contributed by atoms with Gasteiger partial charge in [-0.1, -0.05) is 64.0 Å². The lowest BCUT2D eigenvalue weighted by molar-refractivity contribution is -0.136. The average molecular weight is 254 g/mol. The SMILES string of the molecule is CCCCCCC=C(CCCCCC)CC(=O)O. The first-order chi connectivity index (χ1) is 8.70. The van der Waals surface area contributed by atoms with Gasteiger partial charge in [0.2, 0.25) is 0 Å². The number of carboxylic acids is 1. The highest BCUT2D eigenvalue weighted by Crippen LogP contribution is 2.16. The highest BCUT2D eigenvalue weighted by atomic mass is 16.4. The minimum Gasteiger partial charge on any atom is -0.481 e. The van der Waals surface area contributed by atoms with E-state index in [1.807, 2.05) is 0 Å². The Morgan fingerprint density at radius 1 is 0.944 bits per heavy atom. The van der Waals surface area contributed by atoms with Crippen LogP contribution in [0.5, 0.6) is 0 Å². The van der Waals surface area contributed by atoms with Gasteiger partial charge in [-0.15, -0.1) is 0 Å². The number of carboxylic acid groups (broad SMARTS) is 1. The molecule has 0 fully saturated rings. The molecule has 0 aromatic rings. The second kappa shape index (κ2) is 12.7. The van der Waals surface area contributed by atoms with Gasteiger partial charge >= 0.3 is 5.97 Å². The number of hydrogen-bond donors (Lipinski definition) is 1. The molecule has 0 spiro atoms. The third-order valence-corrected chi connectivity index (χ3v) is 3.22. The molecule has 0 aliphatic carbocycles. The minimum absolute atomic E-state index is 0.236. The third kappa shape index (κ3) is 11.7. The van der Waals surface area contributed by atoms with E-state index in [9.17, 15) is 4.79 Å². The van der Waals surface area contributed by atoms with Crippen LogP contribution in [0.4, 0.5) is 0 Å². The molecule has 0 aliphatic heterocycles. The summed E-state index contributed by atoms with van der Waals surface area (Å²) in [5.74, 6) is -0.690. The third-order valence-electron chi connectivity index (χ3n) is 3.22. The van der Waals surface area contributed by atoms with Gasteiger partial charge in [0, 0.05) is 0 Å². The molecule has 0 saturated carbocycles. The molecule has 0 aromatic carbocycles. The fourth-order valence-electron chi connectivity index (χ4n) is 2.11. The Morgan fingerprint density at radius 3 is 2.11 bits per heavy atom. The molecule has 2 nitrogen and oxygen atoms in total. The molecule has 0 aromatic heterocycles. The Balaban J connectivity index is 3.88. The topological polar surface area (TPSA) is 37.3 Å². The molecule has 0 radical (unpaired) electrons. The lowest BCUT2D eigenvalue weighted by atomic mass is 10.0. The highest BCUT2D eigenvalue weighted by molar-refractivity contribution is 5.69. The molecule has 2 heteroatoms. The van der Waals surface area contributed by atoms with Crippen LogP contribution in [0.1, 0.15) is 84.5 Å². The van der Waals surface area contributed by atoms with Crippen molar-refractivity contribution >= 4 is 5.97 Å². The monoisotopic (exact) mass is 254 g/mol. The van der Waals surface area contributed by atoms with E-state index in [0.717, 1.165) is 24.8 Å². The van der Waals surface area contributed by atoms with Crippen molar-refractivity contribution in [2.45, 2.75) is 84.5 Å². The zero-order valence-corrected chi connectivity index (χ0v) is 12.2. The maximum Gasteiger partial charge on any atom is 0.307 e. The molecule has 106 valence electrons. The van der Waals surface area contributed by atoms with Crippen LogP contribution in [-0.4, -0.2) is 11.1 Å². The molecular formula is C16H30O2. The number of carbonyl (C=O) groups is 1. The van der Waals surface area contributed by atoms with Crippen LogP contribution in [0.2, 0.25) is 0 Å². The molecule has 0 heterocycles. The average Bonchev–Trinajstić information content (AvgIpc) is 2.33. The first-order valence-electron chi connectivity index (χ1n) is 7.60. The van der Waals surface area contributed by atoms with Crippen LogP contribution in [0.15, 0.2) is 11.6 Å². The second-order valence-corrected chi connectivity index (χ2v) is 5.09. The maximum atomic E-state index is 10.8. The van der Waals surface area contributed by atoms with Crippen molar-refractivity contribution in [3.05, 3.63) is 11.6 Å². The largest absolute Gasteiger partial charge is 0.481 e. The quantitative estimate of drug-likeness (QED) is 0.377. The van der Waals surface area contributed by atoms with Crippen LogP contribution in [0.3, 0.4) is 0 Å². The smallest absolute Gasteiger partial charge is 0.307 e. The summed E-state index contributed by atoms with van der Waals surface area (Å²) in [6.45, 7) is 4.40. The van der Waals surface area contributed by atoms with Gasteiger partial charge in [0.15, 0.2) is 0 Å². The van der Waals surface area contributed by atoms with E-state index >= 15 is 0 Å². The summed E-state index contributed by atoms with van der Waals surface area (Å²) >= 11 is 0. The molecule has 0 aliphatic rings. The number of aliphatic carboxylic acids is 1. The van der Waals surface area contributed by atoms with Gasteiger partial charge in [-0.25, -0.2) is 0 Å². The van der Waals surface area contributed by atoms with Crippen LogP contribution in [0.25, 0.3) is 0 Å². The van der Waals surface area contributed by atoms with Crippen LogP contribution in [0, 0.1) is 0 Å². The molecule has 18 heavy (non-hydrogen) atoms. The molecular weight excluding hydrogens is 224 g/mol. The van der Waals surface area contributed by atoms with E-state index in [1.165, 1.54) is 44.9 Å². The fraction of sp³-hybridized carbons (Fsp3) is 0.812. The van der Waals surface area contributed by atoms with Crippen LogP contribution >= 0.6 is 0 Å². The number of rotatable bonds is 12. The predicted octanol–water partition coefficient (Wildman–Crippen LogP) is 5.33. The molecule has 0 bridgehead atoms. The van der Waals surface area contributed by atoms with Crippen molar-refractivity contribution in [3.63, 3.8) is 0 Å². The molecule has 0 amide bonds. The van der Waals surface area contributed by atoms with Crippen molar-refractivity contribution in [1.82, 2.24) is 0 Å². The van der Waals surface area contributed by atoms with E-state index in [1.54, 1.807) is 0 Å². The van der Waals surface area contributed by atoms with E-state index < -0.39 is 5.97 Å². The number of unbranched alkanes of at least 4 members (excludes halogenated alkanes) is 7. The van der Waals surface area contributed by atoms with E-state index in [2.05, 4.69) is 19.9 Å². The second-order valence-electron chi connectivity index (χ2n) is 5.09. The zero-order chi connectivity index (χ0) is 13.6. The first kappa shape index (κ1) is 17.2. The Kier molecular flexibility index (Phi) is 12.1. The summed E-state index contributed by atoms with van der Waals surface area (Å²) in [4.78, 5) is 10.8. The van der Waals surface area contributed by atoms with Crippen molar-refractivity contribution in [3.8, 4) is 0 Å². The highest BCUT2D eigenvalue weighted by Gasteiger charge is 2.03. The number of hydrogen-bond acceptors (Lipinski definition) is 1. The van der Waals surface area contributed by atoms with Gasteiger partial charge in [0.05, 0.1) is 6.42 Å². The van der Waals surface area contributed by atoms with Gasteiger partial charge < -0.3 is 5.11 Å². The van der Waals surface area contributed by atoms with E-state index in [4.69, 9.17) is 5.11 Å². The Bertz CT molecular complexity index is 231. The van der Waals surface area contributed by atoms with E-state index in [-0.39, 0.29) is 6.42 Å². The normalized spacial score (nSPS) is 11.8. The Morgan fingerprint density at radius 2 is 1.56 bits per heavy atom. The van der Waals surface area contributed by atoms with Crippen molar-refractivity contribution in [2.75, 3.05) is 0 Å². The minimum atomic E-state index is -0.690. The Hall–Kier alpha value is -0.790. The molecule has 0 atom stereocenters. The summed E-state index contributed by atoms with van der Waals surface area (Å²) in [5, 5.41) is 8.89.